The molecule has 0 aliphatic carbocycles. The number of aliphatic carboxylic acids is 1. The van der Waals surface area contributed by atoms with E-state index >= 15 is 0 Å². The zero-order valence-electron chi connectivity index (χ0n) is 22.5. The van der Waals surface area contributed by atoms with Gasteiger partial charge in [-0.2, -0.15) is 0 Å². The van der Waals surface area contributed by atoms with Gasteiger partial charge in [0, 0.05) is 50.5 Å². The number of amides is 4. The average molecular weight is 599 g/mol. The molecule has 0 aromatic carbocycles. The molecule has 3 N–H and O–H groups in total. The molecule has 2 saturated heterocycles. The van der Waals surface area contributed by atoms with Crippen LogP contribution >= 0.6 is 23.5 Å². The van der Waals surface area contributed by atoms with Crippen molar-refractivity contribution in [3.8, 4) is 0 Å². The van der Waals surface area contributed by atoms with Gasteiger partial charge >= 0.3 is 17.9 Å². The number of fused-ring (bicyclic) bond motifs is 2. The van der Waals surface area contributed by atoms with Crippen molar-refractivity contribution in [2.24, 2.45) is 0 Å². The van der Waals surface area contributed by atoms with E-state index in [9.17, 15) is 38.7 Å². The monoisotopic (exact) mass is 598 g/mol. The summed E-state index contributed by atoms with van der Waals surface area (Å²) >= 11 is 2.90. The number of esters is 2. The van der Waals surface area contributed by atoms with Crippen molar-refractivity contribution in [3.05, 3.63) is 22.5 Å². The number of carbonyl (C=O) groups excluding carboxylic acids is 6. The predicted molar refractivity (Wildman–Crippen MR) is 142 cm³/mol. The van der Waals surface area contributed by atoms with Crippen LogP contribution < -0.4 is 10.6 Å². The molecule has 4 amide bonds. The van der Waals surface area contributed by atoms with Crippen molar-refractivity contribution in [1.82, 2.24) is 20.4 Å². The Labute approximate surface area is 238 Å². The van der Waals surface area contributed by atoms with Crippen molar-refractivity contribution in [2.75, 3.05) is 24.7 Å². The summed E-state index contributed by atoms with van der Waals surface area (Å²) in [6, 6.07) is -1.15. The lowest BCUT2D eigenvalue weighted by Crippen LogP contribution is -2.70. The fourth-order valence-electron chi connectivity index (χ4n) is 4.34. The Kier molecular flexibility index (Phi) is 9.89. The first kappa shape index (κ1) is 31.0. The number of nitrogens with zero attached hydrogens (tertiary/aromatic N) is 2. The Bertz CT molecular complexity index is 1220. The lowest BCUT2D eigenvalue weighted by atomic mass is 10.0. The second-order valence-electron chi connectivity index (χ2n) is 9.18. The number of carboxylic acids is 1. The summed E-state index contributed by atoms with van der Waals surface area (Å²) in [5, 5.41) is 14.0. The number of β-lactam (4-membered cyclic amide) rings is 2. The van der Waals surface area contributed by atoms with E-state index in [1.165, 1.54) is 39.5 Å². The molecule has 4 rings (SSSR count). The van der Waals surface area contributed by atoms with Crippen molar-refractivity contribution >= 4 is 65.1 Å². The van der Waals surface area contributed by atoms with Crippen molar-refractivity contribution in [3.63, 3.8) is 0 Å². The lowest BCUT2D eigenvalue weighted by molar-refractivity contribution is -0.150. The molecular formula is C24H30N4O10S2. The van der Waals surface area contributed by atoms with Crippen LogP contribution in [-0.2, 0) is 43.0 Å². The minimum atomic E-state index is -1.25. The van der Waals surface area contributed by atoms with Gasteiger partial charge in [-0.3, -0.25) is 38.6 Å². The number of nitrogens with one attached hydrogen (secondary N) is 2. The molecule has 0 saturated carbocycles. The molecule has 40 heavy (non-hydrogen) atoms. The van der Waals surface area contributed by atoms with Crippen molar-refractivity contribution in [2.45, 2.75) is 57.5 Å². The fourth-order valence-corrected chi connectivity index (χ4v) is 7.12. The van der Waals surface area contributed by atoms with Gasteiger partial charge in [-0.25, -0.2) is 4.79 Å². The maximum absolute atomic E-state index is 12.0. The van der Waals surface area contributed by atoms with Crippen molar-refractivity contribution < 1.29 is 48.1 Å². The Balaban J connectivity index is 0.000000222. The van der Waals surface area contributed by atoms with Crippen LogP contribution in [0.1, 0.15) is 34.6 Å². The Morgan fingerprint density at radius 1 is 0.800 bits per heavy atom. The second-order valence-corrected chi connectivity index (χ2v) is 11.4. The average Bonchev–Trinajstić information content (AvgIpc) is 2.87. The molecule has 218 valence electrons. The maximum atomic E-state index is 12.0. The van der Waals surface area contributed by atoms with Crippen LogP contribution in [0.2, 0.25) is 0 Å². The molecule has 4 aliphatic rings. The standard InChI is InChI=1S/C12H14N2O6S.C12H16N2O4S/c1-5(15)13-8-10(17)14-9(12(18)19)7(3-20-6(2)16)4-21-11(8)14;1-6-9(4-18-8(3)16)5-19-12-10(13-7(2)15)11(17)14(6)12/h8,11H,3-4H2,1-2H3,(H,13,15)(H,18,19);10,12H,4-5H2,1-3H3,(H,13,15). The molecule has 0 radical (unpaired) electrons. The van der Waals surface area contributed by atoms with E-state index in [4.69, 9.17) is 9.47 Å². The fraction of sp³-hybridized carbons (Fsp3) is 0.542. The third-order valence-corrected chi connectivity index (χ3v) is 8.89. The highest BCUT2D eigenvalue weighted by atomic mass is 32.2. The first-order valence-electron chi connectivity index (χ1n) is 12.1. The summed E-state index contributed by atoms with van der Waals surface area (Å²) in [5.74, 6) is -2.22. The van der Waals surface area contributed by atoms with E-state index in [0.29, 0.717) is 17.1 Å². The van der Waals surface area contributed by atoms with Gasteiger partial charge in [0.25, 0.3) is 11.8 Å². The number of carboxylic acid groups (broad SMARTS) is 1. The number of ether oxygens (including phenoxy) is 2. The van der Waals surface area contributed by atoms with E-state index in [-0.39, 0.29) is 48.0 Å². The third-order valence-electron chi connectivity index (χ3n) is 6.21. The number of allylic oxidation sites excluding steroid dienone is 1. The highest BCUT2D eigenvalue weighted by Crippen LogP contribution is 2.41. The number of hydrogen-bond donors (Lipinski definition) is 3. The molecule has 0 bridgehead atoms. The minimum Gasteiger partial charge on any atom is -0.477 e. The molecule has 14 nitrogen and oxygen atoms in total. The zero-order valence-corrected chi connectivity index (χ0v) is 24.1. The van der Waals surface area contributed by atoms with Crippen LogP contribution in [0.4, 0.5) is 0 Å². The number of hydrogen-bond acceptors (Lipinski definition) is 11. The lowest BCUT2D eigenvalue weighted by Gasteiger charge is -2.50. The van der Waals surface area contributed by atoms with E-state index in [0.717, 1.165) is 16.2 Å². The number of carbonyl (C=O) groups is 7. The maximum Gasteiger partial charge on any atom is 0.352 e. The molecular weight excluding hydrogens is 568 g/mol. The van der Waals surface area contributed by atoms with Crippen LogP contribution in [0.5, 0.6) is 0 Å². The smallest absolute Gasteiger partial charge is 0.352 e. The molecule has 0 aromatic heterocycles. The van der Waals surface area contributed by atoms with E-state index in [2.05, 4.69) is 10.6 Å². The summed E-state index contributed by atoms with van der Waals surface area (Å²) < 4.78 is 9.78. The van der Waals surface area contributed by atoms with Gasteiger partial charge in [0.15, 0.2) is 0 Å². The van der Waals surface area contributed by atoms with Crippen LogP contribution in [0.3, 0.4) is 0 Å². The highest BCUT2D eigenvalue weighted by molar-refractivity contribution is 8.00. The predicted octanol–water partition coefficient (Wildman–Crippen LogP) is -0.449. The molecule has 4 atom stereocenters. The first-order chi connectivity index (χ1) is 18.7. The van der Waals surface area contributed by atoms with Gasteiger partial charge in [0.05, 0.1) is 0 Å². The van der Waals surface area contributed by atoms with Gasteiger partial charge in [-0.1, -0.05) is 0 Å². The number of rotatable bonds is 7. The highest BCUT2D eigenvalue weighted by Gasteiger charge is 2.54. The van der Waals surface area contributed by atoms with Crippen molar-refractivity contribution in [1.29, 1.82) is 0 Å². The van der Waals surface area contributed by atoms with E-state index in [1.54, 1.807) is 16.7 Å². The zero-order chi connectivity index (χ0) is 29.9. The van der Waals surface area contributed by atoms with Crippen LogP contribution in [0.25, 0.3) is 0 Å². The Hall–Kier alpha value is -3.53. The summed E-state index contributed by atoms with van der Waals surface area (Å²) in [5.41, 5.74) is 1.97. The summed E-state index contributed by atoms with van der Waals surface area (Å²) in [6.45, 7) is 7.17. The number of thioether (sulfide) groups is 2. The topological polar surface area (TPSA) is 189 Å². The molecule has 2 fully saturated rings. The largest absolute Gasteiger partial charge is 0.477 e. The molecule has 16 heteroatoms. The van der Waals surface area contributed by atoms with Crippen LogP contribution in [-0.4, -0.2) is 104 Å². The Morgan fingerprint density at radius 3 is 1.68 bits per heavy atom. The van der Waals surface area contributed by atoms with E-state index < -0.39 is 35.3 Å². The quantitative estimate of drug-likeness (QED) is 0.253. The SMILES string of the molecule is CC(=O)NC1C(=O)N2C(C(=O)O)=C(COC(C)=O)CSC12.CC(=O)NC1C(=O)N2C(C)=C(COC(C)=O)CSC12. The normalized spacial score (nSPS) is 24.8. The summed E-state index contributed by atoms with van der Waals surface area (Å²) in [6.07, 6.45) is 0. The molecule has 0 aromatic rings. The van der Waals surface area contributed by atoms with Crippen LogP contribution in [0, 0.1) is 0 Å². The van der Waals surface area contributed by atoms with Gasteiger partial charge in [0.2, 0.25) is 11.8 Å². The van der Waals surface area contributed by atoms with Crippen LogP contribution in [0.15, 0.2) is 22.5 Å². The second kappa shape index (κ2) is 12.8. The summed E-state index contributed by atoms with van der Waals surface area (Å²) in [7, 11) is 0. The molecule has 4 heterocycles. The molecule has 4 aliphatic heterocycles. The molecule has 0 spiro atoms. The van der Waals surface area contributed by atoms with Gasteiger partial charge < -0.3 is 25.2 Å². The first-order valence-corrected chi connectivity index (χ1v) is 14.2. The van der Waals surface area contributed by atoms with Gasteiger partial charge in [-0.05, 0) is 12.5 Å². The molecule has 4 unspecified atom stereocenters. The van der Waals surface area contributed by atoms with E-state index in [1.807, 2.05) is 6.92 Å². The minimum absolute atomic E-state index is 0.0440. The van der Waals surface area contributed by atoms with Gasteiger partial charge in [0.1, 0.15) is 41.7 Å². The van der Waals surface area contributed by atoms with Gasteiger partial charge in [-0.15, -0.1) is 23.5 Å². The Morgan fingerprint density at radius 2 is 1.23 bits per heavy atom. The third kappa shape index (κ3) is 6.60. The summed E-state index contributed by atoms with van der Waals surface area (Å²) in [4.78, 5) is 81.9.